The third-order valence-corrected chi connectivity index (χ3v) is 5.13. The van der Waals surface area contributed by atoms with Gasteiger partial charge >= 0.3 is 5.63 Å². The fourth-order valence-corrected chi connectivity index (χ4v) is 3.52. The third-order valence-electron chi connectivity index (χ3n) is 3.02. The smallest absolute Gasteiger partial charge is 0.321 e. The van der Waals surface area contributed by atoms with E-state index in [-0.39, 0.29) is 10.6 Å². The molecule has 3 aromatic rings. The minimum Gasteiger partial charge on any atom is -0.321 e. The number of hydrogen-bond donors (Lipinski definition) is 0. The maximum absolute atomic E-state index is 12.7. The summed E-state index contributed by atoms with van der Waals surface area (Å²) in [6, 6.07) is 16.0. The van der Waals surface area contributed by atoms with Crippen LogP contribution in [-0.4, -0.2) is 12.6 Å². The van der Waals surface area contributed by atoms with Crippen molar-refractivity contribution < 1.29 is 12.9 Å². The summed E-state index contributed by atoms with van der Waals surface area (Å²) in [5, 5.41) is 0. The van der Waals surface area contributed by atoms with Crippen LogP contribution in [0.1, 0.15) is 0 Å². The Morgan fingerprint density at radius 2 is 1.59 bits per heavy atom. The van der Waals surface area contributed by atoms with E-state index in [0.29, 0.717) is 9.71 Å². The van der Waals surface area contributed by atoms with E-state index in [2.05, 4.69) is 15.9 Å². The summed E-state index contributed by atoms with van der Waals surface area (Å²) in [5.74, 6) is 0. The number of benzene rings is 2. The molecule has 5 nitrogen and oxygen atoms in total. The highest BCUT2D eigenvalue weighted by atomic mass is 79.9. The predicted molar refractivity (Wildman–Crippen MR) is 85.1 cm³/mol. The van der Waals surface area contributed by atoms with Gasteiger partial charge in [0.1, 0.15) is 5.69 Å². The predicted octanol–water partition coefficient (Wildman–Crippen LogP) is 3.11. The van der Waals surface area contributed by atoms with Crippen LogP contribution < -0.4 is 5.63 Å². The van der Waals surface area contributed by atoms with E-state index in [9.17, 15) is 13.2 Å². The minimum atomic E-state index is -3.98. The molecule has 0 aliphatic rings. The summed E-state index contributed by atoms with van der Waals surface area (Å²) in [7, 11) is -3.98. The van der Waals surface area contributed by atoms with E-state index in [0.717, 1.165) is 10.5 Å². The monoisotopic (exact) mass is 379 g/mol. The van der Waals surface area contributed by atoms with Gasteiger partial charge in [0.05, 0.1) is 11.0 Å². The van der Waals surface area contributed by atoms with Gasteiger partial charge in [0.15, 0.2) is 0 Å². The molecule has 3 rings (SSSR count). The molecular formula is C15H10BrNO4S. The number of aromatic nitrogens is 1. The SMILES string of the molecule is O=c1cc(-c2ccccc2)n(S(=O)(=O)c2ccc(Br)cc2)o1. The summed E-state index contributed by atoms with van der Waals surface area (Å²) in [6.07, 6.45) is 0. The van der Waals surface area contributed by atoms with Crippen LogP contribution in [-0.2, 0) is 10.0 Å². The molecule has 0 N–H and O–H groups in total. The molecule has 0 bridgehead atoms. The van der Waals surface area contributed by atoms with Gasteiger partial charge in [-0.15, -0.1) is 0 Å². The molecule has 22 heavy (non-hydrogen) atoms. The summed E-state index contributed by atoms with van der Waals surface area (Å²) >= 11 is 3.25. The lowest BCUT2D eigenvalue weighted by Crippen LogP contribution is -2.13. The Hall–Kier alpha value is -2.12. The molecule has 0 atom stereocenters. The summed E-state index contributed by atoms with van der Waals surface area (Å²) in [6.45, 7) is 0. The fourth-order valence-electron chi connectivity index (χ4n) is 2.00. The van der Waals surface area contributed by atoms with Gasteiger partial charge in [-0.3, -0.25) is 0 Å². The van der Waals surface area contributed by atoms with E-state index < -0.39 is 15.6 Å². The quantitative estimate of drug-likeness (QED) is 0.700. The molecule has 1 heterocycles. The van der Waals surface area contributed by atoms with Gasteiger partial charge in [-0.05, 0) is 24.3 Å². The van der Waals surface area contributed by atoms with Gasteiger partial charge in [-0.1, -0.05) is 50.4 Å². The van der Waals surface area contributed by atoms with Crippen LogP contribution in [0.25, 0.3) is 11.3 Å². The van der Waals surface area contributed by atoms with Crippen LogP contribution in [0, 0.1) is 0 Å². The highest BCUT2D eigenvalue weighted by molar-refractivity contribution is 9.10. The van der Waals surface area contributed by atoms with E-state index in [4.69, 9.17) is 4.52 Å². The van der Waals surface area contributed by atoms with Crippen LogP contribution in [0.2, 0.25) is 0 Å². The molecule has 0 fully saturated rings. The Labute approximate surface area is 135 Å². The minimum absolute atomic E-state index is 0.0345. The standard InChI is InChI=1S/C15H10BrNO4S/c16-12-6-8-13(9-7-12)22(19,20)17-14(10-15(18)21-17)11-4-2-1-3-5-11/h1-10H. The maximum atomic E-state index is 12.7. The van der Waals surface area contributed by atoms with Gasteiger partial charge in [0.2, 0.25) is 0 Å². The van der Waals surface area contributed by atoms with Gasteiger partial charge in [0, 0.05) is 10.0 Å². The van der Waals surface area contributed by atoms with Gasteiger partial charge in [-0.2, -0.15) is 8.42 Å². The molecule has 0 unspecified atom stereocenters. The van der Waals surface area contributed by atoms with Gasteiger partial charge < -0.3 is 4.52 Å². The molecule has 0 aliphatic carbocycles. The van der Waals surface area contributed by atoms with E-state index >= 15 is 0 Å². The van der Waals surface area contributed by atoms with Gasteiger partial charge in [0.25, 0.3) is 10.0 Å². The van der Waals surface area contributed by atoms with Crippen molar-refractivity contribution in [3.63, 3.8) is 0 Å². The zero-order valence-electron chi connectivity index (χ0n) is 11.1. The lowest BCUT2D eigenvalue weighted by atomic mass is 10.2. The third kappa shape index (κ3) is 2.65. The van der Waals surface area contributed by atoms with Crippen molar-refractivity contribution in [2.75, 3.05) is 0 Å². The molecule has 1 aromatic heterocycles. The summed E-state index contributed by atoms with van der Waals surface area (Å²) in [5.41, 5.74) is 0.0436. The first kappa shape index (κ1) is 14.8. The number of nitrogens with zero attached hydrogens (tertiary/aromatic N) is 1. The first-order chi connectivity index (χ1) is 10.5. The molecule has 0 spiro atoms. The van der Waals surface area contributed by atoms with E-state index in [1.165, 1.54) is 12.1 Å². The topological polar surface area (TPSA) is 69.3 Å². The summed E-state index contributed by atoms with van der Waals surface area (Å²) in [4.78, 5) is 11.6. The second-order valence-electron chi connectivity index (χ2n) is 4.49. The van der Waals surface area contributed by atoms with Crippen molar-refractivity contribution in [2.24, 2.45) is 0 Å². The zero-order valence-corrected chi connectivity index (χ0v) is 13.5. The lowest BCUT2D eigenvalue weighted by Gasteiger charge is -2.07. The second-order valence-corrected chi connectivity index (χ2v) is 7.16. The Morgan fingerprint density at radius 3 is 2.23 bits per heavy atom. The fraction of sp³-hybridized carbons (Fsp3) is 0. The molecule has 0 saturated heterocycles. The molecule has 7 heteroatoms. The van der Waals surface area contributed by atoms with Crippen molar-refractivity contribution in [2.45, 2.75) is 4.90 Å². The average molecular weight is 380 g/mol. The van der Waals surface area contributed by atoms with Gasteiger partial charge in [-0.25, -0.2) is 4.79 Å². The van der Waals surface area contributed by atoms with Crippen molar-refractivity contribution in [3.8, 4) is 11.3 Å². The summed E-state index contributed by atoms with van der Waals surface area (Å²) < 4.78 is 31.6. The molecule has 0 radical (unpaired) electrons. The highest BCUT2D eigenvalue weighted by Gasteiger charge is 2.23. The molecule has 2 aromatic carbocycles. The molecule has 112 valence electrons. The second kappa shape index (κ2) is 5.58. The number of rotatable bonds is 3. The largest absolute Gasteiger partial charge is 0.359 e. The van der Waals surface area contributed by atoms with Crippen molar-refractivity contribution in [1.82, 2.24) is 4.15 Å². The first-order valence-electron chi connectivity index (χ1n) is 6.28. The maximum Gasteiger partial charge on any atom is 0.359 e. The Balaban J connectivity index is 2.20. The average Bonchev–Trinajstić information content (AvgIpc) is 2.91. The first-order valence-corrected chi connectivity index (χ1v) is 8.52. The Kier molecular flexibility index (Phi) is 3.76. The van der Waals surface area contributed by atoms with Crippen molar-refractivity contribution in [1.29, 1.82) is 0 Å². The van der Waals surface area contributed by atoms with E-state index in [1.807, 2.05) is 0 Å². The Bertz CT molecular complexity index is 957. The van der Waals surface area contributed by atoms with Crippen molar-refractivity contribution in [3.05, 3.63) is 75.6 Å². The molecule has 0 aliphatic heterocycles. The van der Waals surface area contributed by atoms with E-state index in [1.54, 1.807) is 42.5 Å². The van der Waals surface area contributed by atoms with Crippen LogP contribution in [0.4, 0.5) is 0 Å². The van der Waals surface area contributed by atoms with Crippen molar-refractivity contribution >= 4 is 26.0 Å². The Morgan fingerprint density at radius 1 is 0.955 bits per heavy atom. The molecule has 0 amide bonds. The number of halogens is 1. The van der Waals surface area contributed by atoms with Crippen LogP contribution in [0.5, 0.6) is 0 Å². The zero-order chi connectivity index (χ0) is 15.7. The molecule has 0 saturated carbocycles. The van der Waals surface area contributed by atoms with Crippen LogP contribution >= 0.6 is 15.9 Å². The van der Waals surface area contributed by atoms with Crippen LogP contribution in [0.15, 0.2) is 79.3 Å². The highest BCUT2D eigenvalue weighted by Crippen LogP contribution is 2.24. The number of hydrogen-bond acceptors (Lipinski definition) is 4. The van der Waals surface area contributed by atoms with Crippen LogP contribution in [0.3, 0.4) is 0 Å². The lowest BCUT2D eigenvalue weighted by molar-refractivity contribution is 0.345. The molecular weight excluding hydrogens is 370 g/mol. The normalized spacial score (nSPS) is 11.5.